The first-order chi connectivity index (χ1) is 17.0. The number of thiocarbonyl (C=S) groups is 1. The fourth-order valence-electron chi connectivity index (χ4n) is 5.06. The molecule has 0 bridgehead atoms. The van der Waals surface area contributed by atoms with Crippen LogP contribution in [-0.4, -0.2) is 21.5 Å². The molecule has 35 heavy (non-hydrogen) atoms. The number of nitrogens with one attached hydrogen (secondary N) is 1. The van der Waals surface area contributed by atoms with E-state index in [1.54, 1.807) is 18.3 Å². The van der Waals surface area contributed by atoms with E-state index in [0.717, 1.165) is 45.5 Å². The quantitative estimate of drug-likeness (QED) is 0.383. The average Bonchev–Trinajstić information content (AvgIpc) is 3.55. The van der Waals surface area contributed by atoms with Crippen molar-refractivity contribution < 1.29 is 13.9 Å². The Balaban J connectivity index is 1.50. The number of pyridine rings is 1. The van der Waals surface area contributed by atoms with E-state index in [1.807, 2.05) is 36.4 Å². The van der Waals surface area contributed by atoms with Gasteiger partial charge in [-0.1, -0.05) is 6.07 Å². The third kappa shape index (κ3) is 3.61. The number of nitrogens with zero attached hydrogens (tertiary/aromatic N) is 3. The van der Waals surface area contributed by atoms with Gasteiger partial charge in [0.1, 0.15) is 5.82 Å². The Kier molecular flexibility index (Phi) is 5.18. The highest BCUT2D eigenvalue weighted by Crippen LogP contribution is 2.44. The fraction of sp³-hybridized carbons (Fsp3) is 0.185. The minimum Gasteiger partial charge on any atom is -0.454 e. The van der Waals surface area contributed by atoms with Gasteiger partial charge < -0.3 is 24.3 Å². The van der Waals surface area contributed by atoms with Crippen LogP contribution in [0, 0.1) is 19.7 Å². The van der Waals surface area contributed by atoms with Crippen molar-refractivity contribution in [2.75, 3.05) is 11.7 Å². The van der Waals surface area contributed by atoms with E-state index >= 15 is 0 Å². The molecule has 8 heteroatoms. The van der Waals surface area contributed by atoms with Gasteiger partial charge in [0.25, 0.3) is 0 Å². The molecule has 0 amide bonds. The molecule has 2 unspecified atom stereocenters. The highest BCUT2D eigenvalue weighted by Gasteiger charge is 2.42. The maximum Gasteiger partial charge on any atom is 0.231 e. The largest absolute Gasteiger partial charge is 0.454 e. The van der Waals surface area contributed by atoms with E-state index in [-0.39, 0.29) is 24.7 Å². The molecule has 2 aliphatic heterocycles. The lowest BCUT2D eigenvalue weighted by Gasteiger charge is -2.28. The summed E-state index contributed by atoms with van der Waals surface area (Å²) >= 11 is 5.80. The number of halogens is 1. The van der Waals surface area contributed by atoms with E-state index in [0.29, 0.717) is 5.11 Å². The summed E-state index contributed by atoms with van der Waals surface area (Å²) in [5.74, 6) is 1.20. The average molecular weight is 487 g/mol. The lowest BCUT2D eigenvalue weighted by atomic mass is 9.96. The molecule has 6 rings (SSSR count). The molecule has 1 fully saturated rings. The van der Waals surface area contributed by atoms with E-state index in [2.05, 4.69) is 39.7 Å². The van der Waals surface area contributed by atoms with Crippen LogP contribution >= 0.6 is 12.2 Å². The summed E-state index contributed by atoms with van der Waals surface area (Å²) in [5.41, 5.74) is 5.95. The van der Waals surface area contributed by atoms with Gasteiger partial charge in [0, 0.05) is 35.0 Å². The molecule has 1 saturated heterocycles. The topological polar surface area (TPSA) is 51.6 Å². The minimum absolute atomic E-state index is 0.181. The molecular weight excluding hydrogens is 463 g/mol. The number of rotatable bonds is 4. The van der Waals surface area contributed by atoms with Gasteiger partial charge in [-0.15, -0.1) is 0 Å². The first-order valence-corrected chi connectivity index (χ1v) is 11.8. The SMILES string of the molecule is Cc1cc(C2C(c3ccccn3)NC(=S)N2c2ccc(F)cc2)c(C)n1-c1ccc2c(c1)OCO2. The molecule has 176 valence electrons. The van der Waals surface area contributed by atoms with Crippen LogP contribution in [0.1, 0.15) is 34.7 Å². The van der Waals surface area contributed by atoms with Crippen molar-refractivity contribution in [2.24, 2.45) is 0 Å². The summed E-state index contributed by atoms with van der Waals surface area (Å²) < 4.78 is 27.0. The molecule has 4 aromatic rings. The highest BCUT2D eigenvalue weighted by atomic mass is 32.1. The van der Waals surface area contributed by atoms with Gasteiger partial charge in [0.15, 0.2) is 16.6 Å². The summed E-state index contributed by atoms with van der Waals surface area (Å²) in [5, 5.41) is 4.04. The molecule has 2 aliphatic rings. The lowest BCUT2D eigenvalue weighted by molar-refractivity contribution is 0.174. The number of hydrogen-bond acceptors (Lipinski definition) is 4. The van der Waals surface area contributed by atoms with Crippen LogP contribution in [0.5, 0.6) is 11.5 Å². The minimum atomic E-state index is -0.286. The Hall–Kier alpha value is -3.91. The molecular formula is C27H23FN4O2S. The second kappa shape index (κ2) is 8.39. The Morgan fingerprint density at radius 3 is 2.51 bits per heavy atom. The first kappa shape index (κ1) is 21.6. The number of benzene rings is 2. The van der Waals surface area contributed by atoms with Crippen LogP contribution in [0.25, 0.3) is 5.69 Å². The van der Waals surface area contributed by atoms with E-state index in [9.17, 15) is 4.39 Å². The Bertz CT molecular complexity index is 1420. The molecule has 2 aromatic heterocycles. The zero-order valence-corrected chi connectivity index (χ0v) is 20.1. The van der Waals surface area contributed by atoms with Crippen LogP contribution in [0.4, 0.5) is 10.1 Å². The van der Waals surface area contributed by atoms with Gasteiger partial charge in [0.05, 0.1) is 17.8 Å². The van der Waals surface area contributed by atoms with Crippen molar-refractivity contribution in [3.05, 3.63) is 101 Å². The van der Waals surface area contributed by atoms with Gasteiger partial charge in [-0.2, -0.15) is 0 Å². The van der Waals surface area contributed by atoms with E-state index in [1.165, 1.54) is 12.1 Å². The molecule has 1 N–H and O–H groups in total. The van der Waals surface area contributed by atoms with Crippen molar-refractivity contribution in [1.29, 1.82) is 0 Å². The zero-order valence-electron chi connectivity index (χ0n) is 19.2. The third-order valence-electron chi connectivity index (χ3n) is 6.61. The van der Waals surface area contributed by atoms with Crippen LogP contribution in [0.15, 0.2) is 72.9 Å². The predicted octanol–water partition coefficient (Wildman–Crippen LogP) is 5.53. The zero-order chi connectivity index (χ0) is 24.1. The standard InChI is InChI=1S/C27H23FN4O2S/c1-16-13-21(17(2)31(16)20-10-11-23-24(14-20)34-15-33-23)26-25(22-5-3-4-12-29-22)30-27(35)32(26)19-8-6-18(28)7-9-19/h3-14,25-26H,15H2,1-2H3,(H,30,35). The van der Waals surface area contributed by atoms with Crippen molar-refractivity contribution in [2.45, 2.75) is 25.9 Å². The maximum atomic E-state index is 13.7. The predicted molar refractivity (Wildman–Crippen MR) is 136 cm³/mol. The van der Waals surface area contributed by atoms with Gasteiger partial charge >= 0.3 is 0 Å². The van der Waals surface area contributed by atoms with Crippen LogP contribution in [0.2, 0.25) is 0 Å². The first-order valence-electron chi connectivity index (χ1n) is 11.4. The third-order valence-corrected chi connectivity index (χ3v) is 6.92. The maximum absolute atomic E-state index is 13.7. The highest BCUT2D eigenvalue weighted by molar-refractivity contribution is 7.80. The summed E-state index contributed by atoms with van der Waals surface area (Å²) in [6, 6.07) is 20.1. The van der Waals surface area contributed by atoms with Crippen molar-refractivity contribution in [3.8, 4) is 17.2 Å². The molecule has 2 aromatic carbocycles. The summed E-state index contributed by atoms with van der Waals surface area (Å²) in [7, 11) is 0. The molecule has 0 aliphatic carbocycles. The van der Waals surface area contributed by atoms with Crippen LogP contribution in [-0.2, 0) is 0 Å². The van der Waals surface area contributed by atoms with Crippen molar-refractivity contribution in [1.82, 2.24) is 14.9 Å². The van der Waals surface area contributed by atoms with Gasteiger partial charge in [0.2, 0.25) is 6.79 Å². The number of anilines is 1. The Morgan fingerprint density at radius 2 is 1.74 bits per heavy atom. The van der Waals surface area contributed by atoms with Crippen LogP contribution < -0.4 is 19.7 Å². The van der Waals surface area contributed by atoms with Gasteiger partial charge in [-0.05, 0) is 86.2 Å². The monoisotopic (exact) mass is 486 g/mol. The molecule has 0 radical (unpaired) electrons. The van der Waals surface area contributed by atoms with E-state index < -0.39 is 0 Å². The van der Waals surface area contributed by atoms with Crippen LogP contribution in [0.3, 0.4) is 0 Å². The fourth-order valence-corrected chi connectivity index (χ4v) is 5.41. The number of aromatic nitrogens is 2. The van der Waals surface area contributed by atoms with E-state index in [4.69, 9.17) is 21.7 Å². The second-order valence-electron chi connectivity index (χ2n) is 8.67. The second-order valence-corrected chi connectivity index (χ2v) is 9.06. The molecule has 6 nitrogen and oxygen atoms in total. The summed E-state index contributed by atoms with van der Waals surface area (Å²) in [4.78, 5) is 6.68. The number of fused-ring (bicyclic) bond motifs is 1. The molecule has 2 atom stereocenters. The van der Waals surface area contributed by atoms with Crippen molar-refractivity contribution in [3.63, 3.8) is 0 Å². The number of hydrogen-bond donors (Lipinski definition) is 1. The Morgan fingerprint density at radius 1 is 0.971 bits per heavy atom. The molecule has 0 saturated carbocycles. The van der Waals surface area contributed by atoms with Crippen molar-refractivity contribution >= 4 is 23.0 Å². The number of aryl methyl sites for hydroxylation is 1. The Labute approximate surface area is 207 Å². The molecule has 4 heterocycles. The number of ether oxygens (including phenoxy) is 2. The summed E-state index contributed by atoms with van der Waals surface area (Å²) in [6.07, 6.45) is 1.79. The van der Waals surface area contributed by atoms with Gasteiger partial charge in [-0.3, -0.25) is 4.98 Å². The normalized spacial score (nSPS) is 18.7. The van der Waals surface area contributed by atoms with Gasteiger partial charge in [-0.25, -0.2) is 4.39 Å². The summed E-state index contributed by atoms with van der Waals surface area (Å²) in [6.45, 7) is 4.42. The lowest BCUT2D eigenvalue weighted by Crippen LogP contribution is -2.29. The molecule has 0 spiro atoms. The smallest absolute Gasteiger partial charge is 0.231 e.